The van der Waals surface area contributed by atoms with E-state index in [0.29, 0.717) is 24.8 Å². The van der Waals surface area contributed by atoms with Gasteiger partial charge >= 0.3 is 11.9 Å². The zero-order chi connectivity index (χ0) is 36.2. The van der Waals surface area contributed by atoms with Gasteiger partial charge in [-0.15, -0.1) is 0 Å². The van der Waals surface area contributed by atoms with Gasteiger partial charge in [0.1, 0.15) is 29.9 Å². The van der Waals surface area contributed by atoms with Gasteiger partial charge < -0.3 is 40.9 Å². The summed E-state index contributed by atoms with van der Waals surface area (Å²) in [6.45, 7) is 8.90. The van der Waals surface area contributed by atoms with Crippen molar-refractivity contribution in [1.82, 2.24) is 16.0 Å². The Morgan fingerprint density at radius 2 is 0.938 bits per heavy atom. The van der Waals surface area contributed by atoms with Crippen LogP contribution in [-0.2, 0) is 28.8 Å². The number of amides is 2. The van der Waals surface area contributed by atoms with E-state index < -0.39 is 41.9 Å². The molecule has 0 saturated carbocycles. The standard InChI is InChI=1S/C36H61N3O9/c1-27(37-30(29(3)42)20-18-26-40)22-23-31(35(45)46)39-34(44)25-24-32(36(47)48)38-33(43)21-17-15-13-11-9-7-5-4-6-8-10-12-14-16-19-28(2)41/h26,30-32,37,42H,1,3-25H2,2H3,(H,38,43)(H,39,44)(H,45,46)(H,47,48)/t30-,31?,32-/m0/s1. The van der Waals surface area contributed by atoms with E-state index in [-0.39, 0.29) is 56.5 Å². The van der Waals surface area contributed by atoms with Gasteiger partial charge in [0.05, 0.1) is 6.04 Å². The average Bonchev–Trinajstić information content (AvgIpc) is 3.02. The van der Waals surface area contributed by atoms with Gasteiger partial charge in [-0.3, -0.25) is 9.59 Å². The summed E-state index contributed by atoms with van der Waals surface area (Å²) >= 11 is 0. The van der Waals surface area contributed by atoms with Crippen LogP contribution in [0.1, 0.15) is 148 Å². The summed E-state index contributed by atoms with van der Waals surface area (Å²) in [6, 6.07) is -3.14. The molecule has 2 amide bonds. The van der Waals surface area contributed by atoms with E-state index in [1.807, 2.05) is 0 Å². The highest BCUT2D eigenvalue weighted by atomic mass is 16.4. The molecule has 0 fully saturated rings. The molecule has 0 rings (SSSR count). The molecule has 3 atom stereocenters. The first kappa shape index (κ1) is 44.3. The van der Waals surface area contributed by atoms with E-state index in [2.05, 4.69) is 29.1 Å². The average molecular weight is 680 g/mol. The number of aliphatic hydroxyl groups is 1. The first-order valence-electron chi connectivity index (χ1n) is 17.7. The molecule has 12 nitrogen and oxygen atoms in total. The van der Waals surface area contributed by atoms with Crippen LogP contribution in [-0.4, -0.2) is 69.3 Å². The normalized spacial score (nSPS) is 12.7. The number of carbonyl (C=O) groups is 6. The topological polar surface area (TPSA) is 199 Å². The van der Waals surface area contributed by atoms with Gasteiger partial charge in [0.25, 0.3) is 0 Å². The van der Waals surface area contributed by atoms with Crippen LogP contribution < -0.4 is 16.0 Å². The Labute approximate surface area is 286 Å². The molecule has 0 bridgehead atoms. The second kappa shape index (κ2) is 28.3. The van der Waals surface area contributed by atoms with E-state index in [1.54, 1.807) is 6.92 Å². The lowest BCUT2D eigenvalue weighted by Gasteiger charge is -2.21. The van der Waals surface area contributed by atoms with E-state index in [1.165, 1.54) is 44.9 Å². The van der Waals surface area contributed by atoms with Crippen molar-refractivity contribution in [2.75, 3.05) is 0 Å². The summed E-state index contributed by atoms with van der Waals surface area (Å²) in [7, 11) is 0. The maximum absolute atomic E-state index is 12.4. The number of ketones is 1. The summed E-state index contributed by atoms with van der Waals surface area (Å²) < 4.78 is 0. The minimum absolute atomic E-state index is 0.0181. The first-order valence-corrected chi connectivity index (χ1v) is 17.7. The Bertz CT molecular complexity index is 1010. The zero-order valence-corrected chi connectivity index (χ0v) is 29.1. The third-order valence-electron chi connectivity index (χ3n) is 8.20. The smallest absolute Gasteiger partial charge is 0.326 e. The van der Waals surface area contributed by atoms with E-state index >= 15 is 0 Å². The highest BCUT2D eigenvalue weighted by Gasteiger charge is 2.24. The molecule has 0 aromatic carbocycles. The maximum Gasteiger partial charge on any atom is 0.326 e. The molecule has 12 heteroatoms. The van der Waals surface area contributed by atoms with Crippen molar-refractivity contribution < 1.29 is 44.1 Å². The SMILES string of the molecule is C=C(CCC(NC(=O)CC[C@H](NC(=O)CCCCCCCCCCCCCCCCC(C)=O)C(=O)O)C(=O)O)N[C@@H](CCC=O)C(=C)O. The molecule has 6 N–H and O–H groups in total. The zero-order valence-electron chi connectivity index (χ0n) is 29.1. The number of rotatable bonds is 33. The van der Waals surface area contributed by atoms with Crippen LogP contribution in [0.25, 0.3) is 0 Å². The Morgan fingerprint density at radius 1 is 0.542 bits per heavy atom. The van der Waals surface area contributed by atoms with E-state index in [0.717, 1.165) is 38.5 Å². The minimum Gasteiger partial charge on any atom is -0.511 e. The molecule has 0 aliphatic carbocycles. The van der Waals surface area contributed by atoms with Crippen LogP contribution >= 0.6 is 0 Å². The third kappa shape index (κ3) is 25.4. The Kier molecular flexibility index (Phi) is 26.1. The lowest BCUT2D eigenvalue weighted by atomic mass is 10.0. The molecule has 0 radical (unpaired) electrons. The fourth-order valence-corrected chi connectivity index (χ4v) is 5.30. The fraction of sp³-hybridized carbons (Fsp3) is 0.722. The number of nitrogens with one attached hydrogen (secondary N) is 3. The van der Waals surface area contributed by atoms with Crippen molar-refractivity contribution in [2.45, 2.75) is 166 Å². The Hall–Kier alpha value is -3.70. The number of unbranched alkanes of at least 4 members (excludes halogenated alkanes) is 13. The van der Waals surface area contributed by atoms with Crippen molar-refractivity contribution in [3.63, 3.8) is 0 Å². The third-order valence-corrected chi connectivity index (χ3v) is 8.20. The van der Waals surface area contributed by atoms with Gasteiger partial charge in [0.2, 0.25) is 11.8 Å². The molecule has 0 spiro atoms. The minimum atomic E-state index is -1.27. The second-order valence-corrected chi connectivity index (χ2v) is 12.7. The number of hydrogen-bond acceptors (Lipinski definition) is 8. The van der Waals surface area contributed by atoms with Crippen LogP contribution in [0.4, 0.5) is 0 Å². The maximum atomic E-state index is 12.4. The molecular weight excluding hydrogens is 618 g/mol. The van der Waals surface area contributed by atoms with Gasteiger partial charge in [0, 0.05) is 31.4 Å². The first-order chi connectivity index (χ1) is 22.9. The van der Waals surface area contributed by atoms with Gasteiger partial charge in [0.15, 0.2) is 0 Å². The van der Waals surface area contributed by atoms with Crippen LogP contribution in [0.2, 0.25) is 0 Å². The number of carboxylic acids is 2. The van der Waals surface area contributed by atoms with Gasteiger partial charge in [-0.1, -0.05) is 90.2 Å². The van der Waals surface area contributed by atoms with Crippen LogP contribution in [0.3, 0.4) is 0 Å². The number of carbonyl (C=O) groups excluding carboxylic acids is 4. The fourth-order valence-electron chi connectivity index (χ4n) is 5.30. The quantitative estimate of drug-likeness (QED) is 0.0270. The molecule has 0 saturated heterocycles. The summed E-state index contributed by atoms with van der Waals surface area (Å²) in [5, 5.41) is 36.5. The lowest BCUT2D eigenvalue weighted by molar-refractivity contribution is -0.143. The molecular formula is C36H61N3O9. The van der Waals surface area contributed by atoms with Gasteiger partial charge in [-0.2, -0.15) is 0 Å². The number of carboxylic acid groups (broad SMARTS) is 2. The molecule has 0 aliphatic heterocycles. The molecule has 1 unspecified atom stereocenters. The predicted molar refractivity (Wildman–Crippen MR) is 185 cm³/mol. The van der Waals surface area contributed by atoms with Crippen LogP contribution in [0.5, 0.6) is 0 Å². The van der Waals surface area contributed by atoms with Crippen molar-refractivity contribution in [1.29, 1.82) is 0 Å². The van der Waals surface area contributed by atoms with E-state index in [4.69, 9.17) is 0 Å². The Balaban J connectivity index is 4.18. The summed E-state index contributed by atoms with van der Waals surface area (Å²) in [5.74, 6) is -3.51. The number of Topliss-reactive ketones (excluding diaryl/α,β-unsaturated/α-hetero) is 1. The number of aliphatic hydroxyl groups excluding tert-OH is 1. The molecule has 274 valence electrons. The monoisotopic (exact) mass is 679 g/mol. The summed E-state index contributed by atoms with van der Waals surface area (Å²) in [6.07, 6.45) is 17.4. The van der Waals surface area contributed by atoms with Crippen LogP contribution in [0.15, 0.2) is 24.6 Å². The van der Waals surface area contributed by atoms with Crippen molar-refractivity contribution >= 4 is 35.8 Å². The number of hydrogen-bond donors (Lipinski definition) is 6. The van der Waals surface area contributed by atoms with E-state index in [9.17, 15) is 44.1 Å². The van der Waals surface area contributed by atoms with Gasteiger partial charge in [-0.05, 0) is 45.4 Å². The Morgan fingerprint density at radius 3 is 1.33 bits per heavy atom. The largest absolute Gasteiger partial charge is 0.511 e. The second-order valence-electron chi connectivity index (χ2n) is 12.7. The lowest BCUT2D eigenvalue weighted by Crippen LogP contribution is -2.44. The predicted octanol–water partition coefficient (Wildman–Crippen LogP) is 6.04. The molecule has 0 aromatic rings. The molecule has 0 aliphatic rings. The molecule has 0 aromatic heterocycles. The van der Waals surface area contributed by atoms with Gasteiger partial charge in [-0.25, -0.2) is 9.59 Å². The van der Waals surface area contributed by atoms with Crippen molar-refractivity contribution in [3.05, 3.63) is 24.6 Å². The number of aliphatic carboxylic acids is 2. The summed E-state index contributed by atoms with van der Waals surface area (Å²) in [4.78, 5) is 69.7. The highest BCUT2D eigenvalue weighted by Crippen LogP contribution is 2.14. The number of allylic oxidation sites excluding steroid dienone is 1. The highest BCUT2D eigenvalue weighted by molar-refractivity contribution is 5.86. The summed E-state index contributed by atoms with van der Waals surface area (Å²) in [5.41, 5.74) is 0.391. The number of aldehydes is 1. The van der Waals surface area contributed by atoms with Crippen LogP contribution in [0, 0.1) is 0 Å². The molecule has 48 heavy (non-hydrogen) atoms. The van der Waals surface area contributed by atoms with Crippen molar-refractivity contribution in [2.24, 2.45) is 0 Å². The molecule has 0 heterocycles. The van der Waals surface area contributed by atoms with Crippen molar-refractivity contribution in [3.8, 4) is 0 Å².